The second-order valence-electron chi connectivity index (χ2n) is 11.0. The van der Waals surface area contributed by atoms with Gasteiger partial charge < -0.3 is 14.8 Å². The number of nitro groups is 1. The Hall–Kier alpha value is -2.15. The van der Waals surface area contributed by atoms with Gasteiger partial charge in [-0.3, -0.25) is 14.9 Å². The first-order valence-corrected chi connectivity index (χ1v) is 11.4. The summed E-state index contributed by atoms with van der Waals surface area (Å²) in [6, 6.07) is 1.45. The molecule has 168 valence electrons. The molecule has 0 aromatic heterocycles. The molecule has 1 aromatic carbocycles. The van der Waals surface area contributed by atoms with E-state index in [-0.39, 0.29) is 33.5 Å². The molecule has 4 aliphatic rings. The van der Waals surface area contributed by atoms with E-state index in [1.807, 2.05) is 0 Å². The maximum atomic E-state index is 12.4. The van der Waals surface area contributed by atoms with Crippen LogP contribution >= 0.6 is 0 Å². The lowest BCUT2D eigenvalue weighted by Gasteiger charge is -2.67. The Bertz CT molecular complexity index is 989. The monoisotopic (exact) mass is 428 g/mol. The van der Waals surface area contributed by atoms with E-state index in [9.17, 15) is 14.9 Å². The summed E-state index contributed by atoms with van der Waals surface area (Å²) in [6.45, 7) is 9.51. The second-order valence-corrected chi connectivity index (χ2v) is 11.0. The maximum Gasteiger partial charge on any atom is 0.277 e. The summed E-state index contributed by atoms with van der Waals surface area (Å²) < 4.78 is 13.0. The van der Waals surface area contributed by atoms with Gasteiger partial charge in [-0.05, 0) is 37.0 Å². The number of carbonyl (C=O) groups is 1. The first-order chi connectivity index (χ1) is 14.5. The van der Waals surface area contributed by atoms with Crippen LogP contribution in [-0.4, -0.2) is 29.6 Å². The Morgan fingerprint density at radius 3 is 2.65 bits per heavy atom. The highest BCUT2D eigenvalue weighted by Gasteiger charge is 2.68. The second kappa shape index (κ2) is 6.44. The zero-order valence-electron chi connectivity index (χ0n) is 19.0. The summed E-state index contributed by atoms with van der Waals surface area (Å²) in [5, 5.41) is 14.8. The minimum Gasteiger partial charge on any atom is -0.485 e. The Morgan fingerprint density at radius 1 is 1.23 bits per heavy atom. The molecule has 2 aliphatic heterocycles. The van der Waals surface area contributed by atoms with Gasteiger partial charge in [0.2, 0.25) is 0 Å². The van der Waals surface area contributed by atoms with Crippen molar-refractivity contribution >= 4 is 11.6 Å². The van der Waals surface area contributed by atoms with Gasteiger partial charge in [0.15, 0.2) is 0 Å². The molecule has 2 saturated carbocycles. The summed E-state index contributed by atoms with van der Waals surface area (Å²) in [7, 11) is 1.77. The number of fused-ring (bicyclic) bond motifs is 3. The van der Waals surface area contributed by atoms with Crippen molar-refractivity contribution in [2.45, 2.75) is 78.0 Å². The molecule has 1 N–H and O–H groups in total. The fourth-order valence-corrected chi connectivity index (χ4v) is 7.42. The number of benzene rings is 1. The maximum absolute atomic E-state index is 12.4. The number of hydrogen-bond donors (Lipinski definition) is 1. The largest absolute Gasteiger partial charge is 0.485 e. The Kier molecular flexibility index (Phi) is 4.31. The number of nitro benzene ring substituents is 1. The quantitative estimate of drug-likeness (QED) is 0.557. The molecule has 0 bridgehead atoms. The number of hydrogen-bond acceptors (Lipinski definition) is 5. The van der Waals surface area contributed by atoms with E-state index in [4.69, 9.17) is 9.47 Å². The highest BCUT2D eigenvalue weighted by Crippen LogP contribution is 2.67. The molecule has 5 rings (SSSR count). The van der Waals surface area contributed by atoms with Crippen LogP contribution in [0, 0.1) is 32.8 Å². The molecule has 31 heavy (non-hydrogen) atoms. The van der Waals surface area contributed by atoms with Gasteiger partial charge in [0.05, 0.1) is 22.2 Å². The lowest BCUT2D eigenvalue weighted by Crippen LogP contribution is -2.70. The van der Waals surface area contributed by atoms with E-state index in [1.165, 1.54) is 6.07 Å². The molecular weight excluding hydrogens is 396 g/mol. The fraction of sp³-hybridized carbons (Fsp3) is 0.708. The van der Waals surface area contributed by atoms with Crippen molar-refractivity contribution in [3.8, 4) is 5.75 Å². The number of nitrogens with one attached hydrogen (secondary N) is 1. The van der Waals surface area contributed by atoms with Gasteiger partial charge >= 0.3 is 0 Å². The van der Waals surface area contributed by atoms with E-state index in [1.54, 1.807) is 7.11 Å². The van der Waals surface area contributed by atoms with Gasteiger partial charge in [-0.1, -0.05) is 27.7 Å². The average molecular weight is 429 g/mol. The topological polar surface area (TPSA) is 90.7 Å². The summed E-state index contributed by atoms with van der Waals surface area (Å²) in [5.41, 5.74) is 1.10. The van der Waals surface area contributed by atoms with Crippen molar-refractivity contribution in [1.82, 2.24) is 5.32 Å². The average Bonchev–Trinajstić information content (AvgIpc) is 3.07. The minimum absolute atomic E-state index is 0.00885. The van der Waals surface area contributed by atoms with Crippen LogP contribution in [-0.2, 0) is 17.7 Å². The molecular formula is C24H32N2O5. The van der Waals surface area contributed by atoms with E-state index in [0.29, 0.717) is 41.7 Å². The molecule has 0 unspecified atom stereocenters. The molecule has 2 heterocycles. The molecule has 7 heteroatoms. The van der Waals surface area contributed by atoms with Crippen LogP contribution in [0.5, 0.6) is 5.75 Å². The first kappa shape index (κ1) is 20.7. The number of nitrogens with zero attached hydrogens (tertiary/aromatic N) is 1. The molecule has 2 aliphatic carbocycles. The Labute approximate surface area is 183 Å². The van der Waals surface area contributed by atoms with Crippen molar-refractivity contribution in [1.29, 1.82) is 0 Å². The predicted molar refractivity (Wildman–Crippen MR) is 115 cm³/mol. The van der Waals surface area contributed by atoms with Crippen LogP contribution in [0.15, 0.2) is 6.07 Å². The van der Waals surface area contributed by atoms with Crippen molar-refractivity contribution in [3.05, 3.63) is 32.9 Å². The number of methoxy groups -OCH3 is 1. The summed E-state index contributed by atoms with van der Waals surface area (Å²) in [5.74, 6) is 0.992. The zero-order valence-corrected chi connectivity index (χ0v) is 19.0. The summed E-state index contributed by atoms with van der Waals surface area (Å²) in [4.78, 5) is 24.0. The van der Waals surface area contributed by atoms with Crippen LogP contribution in [0.4, 0.5) is 5.69 Å². The molecule has 7 nitrogen and oxygen atoms in total. The van der Waals surface area contributed by atoms with Gasteiger partial charge in [0.1, 0.15) is 11.4 Å². The summed E-state index contributed by atoms with van der Waals surface area (Å²) in [6.07, 6.45) is 4.57. The van der Waals surface area contributed by atoms with Gasteiger partial charge in [-0.15, -0.1) is 0 Å². The van der Waals surface area contributed by atoms with E-state index in [2.05, 4.69) is 33.0 Å². The first-order valence-electron chi connectivity index (χ1n) is 11.4. The third-order valence-electron chi connectivity index (χ3n) is 9.23. The van der Waals surface area contributed by atoms with Gasteiger partial charge in [-0.25, -0.2) is 0 Å². The minimum atomic E-state index is -0.477. The van der Waals surface area contributed by atoms with Crippen LogP contribution < -0.4 is 10.1 Å². The summed E-state index contributed by atoms with van der Waals surface area (Å²) >= 11 is 0. The molecule has 1 aromatic rings. The standard InChI is InChI=1S/C24H32N2O5/c1-13-6-7-19-22(2,3)9-14(30-5)10-24(19)23(13,4)11-16-18(26(28)29)8-15-17(20(16)31-24)12-25-21(15)27/h8,13-14,19H,6-7,9-12H2,1-5H3,(H,25,27)/t13-,14+,19-,23+,24-/m0/s1. The Balaban J connectivity index is 1.77. The molecule has 0 saturated heterocycles. The molecule has 1 spiro atoms. The van der Waals surface area contributed by atoms with Crippen LogP contribution in [0.2, 0.25) is 0 Å². The highest BCUT2D eigenvalue weighted by atomic mass is 16.6. The lowest BCUT2D eigenvalue weighted by atomic mass is 9.43. The zero-order chi connectivity index (χ0) is 22.3. The normalized spacial score (nSPS) is 37.6. The molecule has 1 amide bonds. The van der Waals surface area contributed by atoms with E-state index < -0.39 is 5.60 Å². The number of rotatable bonds is 2. The van der Waals surface area contributed by atoms with E-state index >= 15 is 0 Å². The number of ether oxygens (including phenoxy) is 2. The van der Waals surface area contributed by atoms with Gasteiger partial charge in [0.25, 0.3) is 11.6 Å². The van der Waals surface area contributed by atoms with Gasteiger partial charge in [0, 0.05) is 43.0 Å². The third kappa shape index (κ3) is 2.58. The molecule has 0 radical (unpaired) electrons. The third-order valence-corrected chi connectivity index (χ3v) is 9.23. The van der Waals surface area contributed by atoms with E-state index in [0.717, 1.165) is 31.2 Å². The molecule has 2 fully saturated rings. The number of carbonyl (C=O) groups excluding carboxylic acids is 1. The highest BCUT2D eigenvalue weighted by molar-refractivity contribution is 6.00. The van der Waals surface area contributed by atoms with Crippen LogP contribution in [0.1, 0.15) is 74.9 Å². The van der Waals surface area contributed by atoms with Crippen LogP contribution in [0.25, 0.3) is 0 Å². The van der Waals surface area contributed by atoms with Crippen molar-refractivity contribution < 1.29 is 19.2 Å². The van der Waals surface area contributed by atoms with Gasteiger partial charge in [-0.2, -0.15) is 0 Å². The van der Waals surface area contributed by atoms with Crippen molar-refractivity contribution in [3.63, 3.8) is 0 Å². The SMILES string of the molecule is CO[C@@H]1CC(C)(C)[C@@H]2CC[C@H](C)[C@@]3(C)Cc4c([N+](=O)[O-])cc5c(c4O[C@@]23C1)CNC5=O. The molecule has 5 atom stereocenters. The Morgan fingerprint density at radius 2 is 1.97 bits per heavy atom. The van der Waals surface area contributed by atoms with Crippen LogP contribution in [0.3, 0.4) is 0 Å². The smallest absolute Gasteiger partial charge is 0.277 e. The predicted octanol–water partition coefficient (Wildman–Crippen LogP) is 4.40. The lowest BCUT2D eigenvalue weighted by molar-refractivity contribution is -0.386. The fourth-order valence-electron chi connectivity index (χ4n) is 7.42. The van der Waals surface area contributed by atoms with Crippen molar-refractivity contribution in [2.75, 3.05) is 7.11 Å². The van der Waals surface area contributed by atoms with Crippen molar-refractivity contribution in [2.24, 2.45) is 22.7 Å². The number of amides is 1.